The van der Waals surface area contributed by atoms with Gasteiger partial charge >= 0.3 is 5.97 Å². The second kappa shape index (κ2) is 10.6. The smallest absolute Gasteiger partial charge is 0.338 e. The molecule has 0 amide bonds. The van der Waals surface area contributed by atoms with Crippen molar-refractivity contribution in [2.24, 2.45) is 4.99 Å². The topological polar surface area (TPSA) is 83.0 Å². The summed E-state index contributed by atoms with van der Waals surface area (Å²) in [5.74, 6) is 1.07. The third-order valence-corrected chi connectivity index (χ3v) is 7.78. The van der Waals surface area contributed by atoms with Crippen LogP contribution in [0.5, 0.6) is 5.75 Å². The van der Waals surface area contributed by atoms with Crippen LogP contribution in [0.3, 0.4) is 0 Å². The van der Waals surface area contributed by atoms with Gasteiger partial charge in [-0.2, -0.15) is 0 Å². The molecule has 194 valence electrons. The van der Waals surface area contributed by atoms with Crippen molar-refractivity contribution in [1.82, 2.24) is 4.57 Å². The summed E-state index contributed by atoms with van der Waals surface area (Å²) in [5.41, 5.74) is 1.86. The standard InChI is InChI=1S/C28H22Cl2N2O5S/c1-4-36-27(34)24-15(2)31-28-32(25(24)18-7-5-6-8-22(18)35-3)26(33)23(38-28)14-17-10-12-21(37-17)16-9-11-19(29)20(30)13-16/h5-14,25H,4H2,1-3H3/b23-14-. The van der Waals surface area contributed by atoms with Crippen molar-refractivity contribution in [3.63, 3.8) is 0 Å². The van der Waals surface area contributed by atoms with E-state index in [9.17, 15) is 9.59 Å². The maximum Gasteiger partial charge on any atom is 0.338 e. The molecule has 0 bridgehead atoms. The predicted molar refractivity (Wildman–Crippen MR) is 148 cm³/mol. The highest BCUT2D eigenvalue weighted by atomic mass is 35.5. The number of thiazole rings is 1. The molecule has 1 unspecified atom stereocenters. The van der Waals surface area contributed by atoms with Gasteiger partial charge in [-0.3, -0.25) is 9.36 Å². The number of para-hydroxylation sites is 1. The molecule has 10 heteroatoms. The lowest BCUT2D eigenvalue weighted by molar-refractivity contribution is -0.139. The Hall–Kier alpha value is -3.59. The fourth-order valence-corrected chi connectivity index (χ4v) is 5.67. The quantitative estimate of drug-likeness (QED) is 0.292. The zero-order valence-corrected chi connectivity index (χ0v) is 23.0. The zero-order chi connectivity index (χ0) is 27.0. The molecular formula is C28H22Cl2N2O5S. The van der Waals surface area contributed by atoms with E-state index in [2.05, 4.69) is 4.99 Å². The molecule has 0 radical (unpaired) electrons. The van der Waals surface area contributed by atoms with E-state index in [1.54, 1.807) is 63.4 Å². The van der Waals surface area contributed by atoms with E-state index in [0.717, 1.165) is 5.56 Å². The molecule has 7 nitrogen and oxygen atoms in total. The van der Waals surface area contributed by atoms with Gasteiger partial charge in [0, 0.05) is 17.2 Å². The van der Waals surface area contributed by atoms with Crippen LogP contribution in [0.15, 0.2) is 80.1 Å². The SMILES string of the molecule is CCOC(=O)C1=C(C)N=c2s/c(=C\c3ccc(-c4ccc(Cl)c(Cl)c4)o3)c(=O)n2C1c1ccccc1OC. The van der Waals surface area contributed by atoms with Crippen LogP contribution >= 0.6 is 34.5 Å². The summed E-state index contributed by atoms with van der Waals surface area (Å²) in [6.45, 7) is 3.66. The van der Waals surface area contributed by atoms with Gasteiger partial charge in [-0.05, 0) is 50.2 Å². The molecule has 0 fully saturated rings. The van der Waals surface area contributed by atoms with E-state index >= 15 is 0 Å². The molecule has 3 heterocycles. The molecule has 0 aliphatic carbocycles. The van der Waals surface area contributed by atoms with Gasteiger partial charge in [0.1, 0.15) is 23.3 Å². The number of carbonyl (C=O) groups is 1. The number of benzene rings is 2. The number of furan rings is 1. The summed E-state index contributed by atoms with van der Waals surface area (Å²) < 4.78 is 18.8. The molecule has 0 saturated carbocycles. The molecule has 1 aliphatic rings. The number of fused-ring (bicyclic) bond motifs is 1. The molecule has 0 N–H and O–H groups in total. The number of methoxy groups -OCH3 is 1. The highest BCUT2D eigenvalue weighted by Crippen LogP contribution is 2.35. The van der Waals surface area contributed by atoms with Crippen molar-refractivity contribution >= 4 is 46.6 Å². The Labute approximate surface area is 231 Å². The fraction of sp³-hybridized carbons (Fsp3) is 0.179. The number of rotatable bonds is 6. The summed E-state index contributed by atoms with van der Waals surface area (Å²) in [7, 11) is 1.55. The number of halogens is 2. The number of allylic oxidation sites excluding steroid dienone is 1. The molecule has 38 heavy (non-hydrogen) atoms. The Bertz CT molecular complexity index is 1770. The first-order valence-electron chi connectivity index (χ1n) is 11.7. The van der Waals surface area contributed by atoms with E-state index in [4.69, 9.17) is 37.1 Å². The number of hydrogen-bond donors (Lipinski definition) is 0. The first-order valence-corrected chi connectivity index (χ1v) is 13.3. The number of carbonyl (C=O) groups excluding carboxylic acids is 1. The molecule has 1 aliphatic heterocycles. The second-order valence-electron chi connectivity index (χ2n) is 8.38. The Morgan fingerprint density at radius 2 is 1.95 bits per heavy atom. The van der Waals surface area contributed by atoms with Crippen LogP contribution in [0.25, 0.3) is 17.4 Å². The summed E-state index contributed by atoms with van der Waals surface area (Å²) in [6.07, 6.45) is 1.66. The van der Waals surface area contributed by atoms with E-state index in [1.165, 1.54) is 15.9 Å². The van der Waals surface area contributed by atoms with Crippen LogP contribution in [0.1, 0.15) is 31.2 Å². The van der Waals surface area contributed by atoms with E-state index < -0.39 is 12.0 Å². The minimum absolute atomic E-state index is 0.193. The maximum absolute atomic E-state index is 13.8. The zero-order valence-electron chi connectivity index (χ0n) is 20.7. The highest BCUT2D eigenvalue weighted by molar-refractivity contribution is 7.07. The maximum atomic E-state index is 13.8. The molecule has 2 aromatic carbocycles. The highest BCUT2D eigenvalue weighted by Gasteiger charge is 2.35. The third-order valence-electron chi connectivity index (χ3n) is 6.05. The normalized spacial score (nSPS) is 15.3. The average molecular weight is 569 g/mol. The van der Waals surface area contributed by atoms with Gasteiger partial charge in [-0.25, -0.2) is 9.79 Å². The summed E-state index contributed by atoms with van der Waals surface area (Å²) in [6, 6.07) is 15.3. The molecule has 2 aromatic heterocycles. The van der Waals surface area contributed by atoms with Crippen LogP contribution in [-0.4, -0.2) is 24.3 Å². The molecule has 4 aromatic rings. The van der Waals surface area contributed by atoms with Gasteiger partial charge in [-0.15, -0.1) is 0 Å². The van der Waals surface area contributed by atoms with Crippen molar-refractivity contribution in [2.75, 3.05) is 13.7 Å². The summed E-state index contributed by atoms with van der Waals surface area (Å²) in [5, 5.41) is 0.866. The van der Waals surface area contributed by atoms with Crippen molar-refractivity contribution in [2.45, 2.75) is 19.9 Å². The van der Waals surface area contributed by atoms with Gasteiger partial charge in [0.15, 0.2) is 4.80 Å². The van der Waals surface area contributed by atoms with Crippen molar-refractivity contribution in [1.29, 1.82) is 0 Å². The molecule has 0 saturated heterocycles. The van der Waals surface area contributed by atoms with Crippen molar-refractivity contribution in [3.8, 4) is 17.1 Å². The van der Waals surface area contributed by atoms with Gasteiger partial charge in [0.05, 0.1) is 39.6 Å². The molecule has 0 spiro atoms. The Morgan fingerprint density at radius 1 is 1.16 bits per heavy atom. The van der Waals surface area contributed by atoms with Crippen LogP contribution in [-0.2, 0) is 9.53 Å². The first kappa shape index (κ1) is 26.0. The number of hydrogen-bond acceptors (Lipinski definition) is 7. The largest absolute Gasteiger partial charge is 0.496 e. The third kappa shape index (κ3) is 4.71. The molecular weight excluding hydrogens is 547 g/mol. The van der Waals surface area contributed by atoms with Gasteiger partial charge in [0.25, 0.3) is 5.56 Å². The molecule has 1 atom stereocenters. The average Bonchev–Trinajstić information content (AvgIpc) is 3.49. The van der Waals surface area contributed by atoms with Crippen molar-refractivity contribution in [3.05, 3.63) is 107 Å². The number of aromatic nitrogens is 1. The van der Waals surface area contributed by atoms with Gasteiger partial charge in [0.2, 0.25) is 0 Å². The minimum atomic E-state index is -0.771. The Kier molecular flexibility index (Phi) is 7.29. The van der Waals surface area contributed by atoms with Crippen LogP contribution in [0.4, 0.5) is 0 Å². The summed E-state index contributed by atoms with van der Waals surface area (Å²) in [4.78, 5) is 31.9. The first-order chi connectivity index (χ1) is 18.3. The fourth-order valence-electron chi connectivity index (χ4n) is 4.34. The number of esters is 1. The minimum Gasteiger partial charge on any atom is -0.496 e. The predicted octanol–water partition coefficient (Wildman–Crippen LogP) is 5.37. The van der Waals surface area contributed by atoms with E-state index in [1.807, 2.05) is 18.2 Å². The Balaban J connectivity index is 1.65. The van der Waals surface area contributed by atoms with Crippen LogP contribution < -0.4 is 19.6 Å². The Morgan fingerprint density at radius 3 is 2.68 bits per heavy atom. The lowest BCUT2D eigenvalue weighted by Gasteiger charge is -2.25. The summed E-state index contributed by atoms with van der Waals surface area (Å²) >= 11 is 13.4. The lowest BCUT2D eigenvalue weighted by Crippen LogP contribution is -2.40. The number of nitrogens with zero attached hydrogens (tertiary/aromatic N) is 2. The van der Waals surface area contributed by atoms with Crippen LogP contribution in [0, 0.1) is 0 Å². The lowest BCUT2D eigenvalue weighted by atomic mass is 9.95. The van der Waals surface area contributed by atoms with Crippen LogP contribution in [0.2, 0.25) is 10.0 Å². The monoisotopic (exact) mass is 568 g/mol. The van der Waals surface area contributed by atoms with E-state index in [0.29, 0.717) is 47.9 Å². The number of ether oxygens (including phenoxy) is 2. The molecule has 5 rings (SSSR count). The van der Waals surface area contributed by atoms with Gasteiger partial charge < -0.3 is 13.9 Å². The van der Waals surface area contributed by atoms with E-state index in [-0.39, 0.29) is 17.7 Å². The van der Waals surface area contributed by atoms with Crippen molar-refractivity contribution < 1.29 is 18.7 Å². The van der Waals surface area contributed by atoms with Gasteiger partial charge in [-0.1, -0.05) is 52.7 Å². The second-order valence-corrected chi connectivity index (χ2v) is 10.2.